The number of ether oxygens (including phenoxy) is 1. The molecule has 1 aliphatic rings. The molecule has 0 radical (unpaired) electrons. The Kier molecular flexibility index (Phi) is 9.50. The number of alkyl carbamates (subject to hydrolysis) is 1. The maximum absolute atomic E-state index is 12.0. The van der Waals surface area contributed by atoms with E-state index in [0.717, 1.165) is 45.8 Å². The van der Waals surface area contributed by atoms with Gasteiger partial charge < -0.3 is 24.7 Å². The van der Waals surface area contributed by atoms with Crippen LogP contribution in [-0.2, 0) is 36.0 Å². The summed E-state index contributed by atoms with van der Waals surface area (Å²) in [5.74, 6) is 0.355. The molecule has 0 saturated heterocycles. The number of fused-ring (bicyclic) bond motifs is 1. The predicted molar refractivity (Wildman–Crippen MR) is 139 cm³/mol. The Hall–Kier alpha value is -3.57. The average Bonchev–Trinajstić information content (AvgIpc) is 3.45. The van der Waals surface area contributed by atoms with Crippen molar-refractivity contribution < 1.29 is 14.3 Å². The highest BCUT2D eigenvalue weighted by Crippen LogP contribution is 2.38. The fourth-order valence-electron chi connectivity index (χ4n) is 4.05. The Balaban J connectivity index is 0.000000261. The smallest absolute Gasteiger partial charge is 0.407 e. The van der Waals surface area contributed by atoms with E-state index in [-0.39, 0.29) is 6.10 Å². The van der Waals surface area contributed by atoms with Gasteiger partial charge in [0.1, 0.15) is 23.5 Å². The Bertz CT molecular complexity index is 1160. The number of nitrogens with zero attached hydrogens (tertiary/aromatic N) is 2. The van der Waals surface area contributed by atoms with Crippen LogP contribution in [0.5, 0.6) is 0 Å². The van der Waals surface area contributed by atoms with Crippen LogP contribution in [-0.4, -0.2) is 30.1 Å². The number of nitrogens with one attached hydrogen (secondary N) is 2. The number of rotatable bonds is 7. The van der Waals surface area contributed by atoms with E-state index in [2.05, 4.69) is 23.6 Å². The average molecular weight is 493 g/mol. The van der Waals surface area contributed by atoms with Crippen LogP contribution in [0.2, 0.25) is 0 Å². The number of carbonyl (C=O) groups excluding carboxylic acids is 2. The number of aryl methyl sites for hydroxylation is 1. The summed E-state index contributed by atoms with van der Waals surface area (Å²) in [6.07, 6.45) is 5.19. The summed E-state index contributed by atoms with van der Waals surface area (Å²) in [4.78, 5) is 23.3. The Morgan fingerprint density at radius 1 is 1.31 bits per heavy atom. The van der Waals surface area contributed by atoms with Gasteiger partial charge in [-0.2, -0.15) is 5.26 Å². The van der Waals surface area contributed by atoms with E-state index in [9.17, 15) is 14.9 Å². The number of thiophene rings is 1. The summed E-state index contributed by atoms with van der Waals surface area (Å²) in [6, 6.07) is 16.3. The molecule has 1 amide bonds. The molecule has 0 aliphatic heterocycles. The monoisotopic (exact) mass is 492 g/mol. The Labute approximate surface area is 210 Å². The van der Waals surface area contributed by atoms with Gasteiger partial charge in [-0.3, -0.25) is 0 Å². The molecule has 2 atom stereocenters. The van der Waals surface area contributed by atoms with Gasteiger partial charge in [0.25, 0.3) is 0 Å². The molecule has 8 heteroatoms. The lowest BCUT2D eigenvalue weighted by atomic mass is 9.94. The van der Waals surface area contributed by atoms with Crippen molar-refractivity contribution in [2.45, 2.75) is 51.2 Å². The standard InChI is InChI=1S/C17H20N4O2S.C10H12O/c1-19-16-14(9-18)13-6-5-12(8-15(13)24-16)23-17(22)20-10-11-4-3-7-21(11)2;1-9(7-8-11)10-5-3-2-4-6-10/h3-4,7,12,19H,5-6,8,10H2,1-2H3,(H,20,22);2-6,8-9H,7H2,1H3. The summed E-state index contributed by atoms with van der Waals surface area (Å²) in [5, 5.41) is 16.1. The first-order valence-electron chi connectivity index (χ1n) is 11.7. The van der Waals surface area contributed by atoms with Crippen LogP contribution in [0, 0.1) is 11.3 Å². The maximum Gasteiger partial charge on any atom is 0.407 e. The zero-order valence-corrected chi connectivity index (χ0v) is 21.2. The highest BCUT2D eigenvalue weighted by Gasteiger charge is 2.27. The van der Waals surface area contributed by atoms with Crippen LogP contribution >= 0.6 is 11.3 Å². The van der Waals surface area contributed by atoms with Crippen LogP contribution in [0.3, 0.4) is 0 Å². The number of aromatic nitrogens is 1. The summed E-state index contributed by atoms with van der Waals surface area (Å²) >= 11 is 1.58. The molecule has 184 valence electrons. The number of benzene rings is 1. The molecular weight excluding hydrogens is 460 g/mol. The SMILES string of the molecule is CC(CC=O)c1ccccc1.CNc1sc2c(c1C#N)CCC(OC(=O)NCc1cccn1C)C2. The summed E-state index contributed by atoms with van der Waals surface area (Å²) in [6.45, 7) is 2.51. The first kappa shape index (κ1) is 26.0. The van der Waals surface area contributed by atoms with Crippen molar-refractivity contribution in [1.29, 1.82) is 5.26 Å². The quantitative estimate of drug-likeness (QED) is 0.444. The number of amides is 1. The molecule has 1 aromatic carbocycles. The molecule has 2 heterocycles. The zero-order valence-electron chi connectivity index (χ0n) is 20.4. The van der Waals surface area contributed by atoms with Gasteiger partial charge in [0, 0.05) is 43.7 Å². The van der Waals surface area contributed by atoms with E-state index < -0.39 is 6.09 Å². The van der Waals surface area contributed by atoms with Gasteiger partial charge in [-0.15, -0.1) is 11.3 Å². The molecule has 4 rings (SSSR count). The van der Waals surface area contributed by atoms with Gasteiger partial charge in [0.05, 0.1) is 12.1 Å². The van der Waals surface area contributed by atoms with Crippen molar-refractivity contribution in [3.63, 3.8) is 0 Å². The lowest BCUT2D eigenvalue weighted by molar-refractivity contribution is -0.108. The Morgan fingerprint density at radius 2 is 2.09 bits per heavy atom. The molecule has 1 aliphatic carbocycles. The van der Waals surface area contributed by atoms with Crippen molar-refractivity contribution in [3.8, 4) is 6.07 Å². The second-order valence-corrected chi connectivity index (χ2v) is 9.62. The Morgan fingerprint density at radius 3 is 2.71 bits per heavy atom. The lowest BCUT2D eigenvalue weighted by Gasteiger charge is -2.22. The number of hydrogen-bond acceptors (Lipinski definition) is 6. The maximum atomic E-state index is 12.0. The molecule has 2 aromatic heterocycles. The molecule has 2 unspecified atom stereocenters. The van der Waals surface area contributed by atoms with E-state index >= 15 is 0 Å². The first-order chi connectivity index (χ1) is 17.0. The van der Waals surface area contributed by atoms with Crippen molar-refractivity contribution in [3.05, 3.63) is 75.9 Å². The summed E-state index contributed by atoms with van der Waals surface area (Å²) in [7, 11) is 3.76. The van der Waals surface area contributed by atoms with Crippen LogP contribution in [0.1, 0.15) is 52.9 Å². The largest absolute Gasteiger partial charge is 0.446 e. The van der Waals surface area contributed by atoms with Gasteiger partial charge in [-0.1, -0.05) is 37.3 Å². The predicted octanol–water partition coefficient (Wildman–Crippen LogP) is 5.16. The lowest BCUT2D eigenvalue weighted by Crippen LogP contribution is -2.32. The number of hydrogen-bond donors (Lipinski definition) is 2. The first-order valence-corrected chi connectivity index (χ1v) is 12.5. The molecule has 35 heavy (non-hydrogen) atoms. The number of carbonyl (C=O) groups is 2. The van der Waals surface area contributed by atoms with Crippen molar-refractivity contribution >= 4 is 28.7 Å². The van der Waals surface area contributed by atoms with E-state index in [4.69, 9.17) is 4.74 Å². The normalized spacial score (nSPS) is 15.0. The molecule has 7 nitrogen and oxygen atoms in total. The topological polar surface area (TPSA) is 96.2 Å². The molecule has 0 spiro atoms. The van der Waals surface area contributed by atoms with Crippen molar-refractivity contribution in [2.75, 3.05) is 12.4 Å². The molecule has 2 N–H and O–H groups in total. The highest BCUT2D eigenvalue weighted by molar-refractivity contribution is 7.16. The van der Waals surface area contributed by atoms with Gasteiger partial charge in [-0.25, -0.2) is 4.79 Å². The molecule has 0 fully saturated rings. The van der Waals surface area contributed by atoms with E-state index in [1.165, 1.54) is 5.56 Å². The third-order valence-corrected chi connectivity index (χ3v) is 7.39. The fraction of sp³-hybridized carbons (Fsp3) is 0.370. The number of aldehydes is 1. The van der Waals surface area contributed by atoms with Crippen molar-refractivity contribution in [1.82, 2.24) is 9.88 Å². The van der Waals surface area contributed by atoms with Gasteiger partial charge >= 0.3 is 6.09 Å². The van der Waals surface area contributed by atoms with Crippen LogP contribution < -0.4 is 10.6 Å². The van der Waals surface area contributed by atoms with Crippen LogP contribution in [0.15, 0.2) is 48.7 Å². The summed E-state index contributed by atoms with van der Waals surface area (Å²) < 4.78 is 7.51. The third-order valence-electron chi connectivity index (χ3n) is 6.12. The molecule has 0 saturated carbocycles. The zero-order chi connectivity index (χ0) is 25.2. The minimum Gasteiger partial charge on any atom is -0.446 e. The molecule has 0 bridgehead atoms. The van der Waals surface area contributed by atoms with Gasteiger partial charge in [0.2, 0.25) is 0 Å². The molecular formula is C27H32N4O3S. The second-order valence-electron chi connectivity index (χ2n) is 8.52. The van der Waals surface area contributed by atoms with Crippen molar-refractivity contribution in [2.24, 2.45) is 7.05 Å². The van der Waals surface area contributed by atoms with E-state index in [1.807, 2.05) is 67.3 Å². The van der Waals surface area contributed by atoms with Crippen LogP contribution in [0.4, 0.5) is 9.80 Å². The second kappa shape index (κ2) is 12.8. The molecule has 3 aromatic rings. The minimum atomic E-state index is -0.393. The number of anilines is 1. The highest BCUT2D eigenvalue weighted by atomic mass is 32.1. The van der Waals surface area contributed by atoms with Gasteiger partial charge in [0.15, 0.2) is 0 Å². The van der Waals surface area contributed by atoms with Crippen LogP contribution in [0.25, 0.3) is 0 Å². The fourth-order valence-corrected chi connectivity index (χ4v) is 5.26. The number of nitriles is 1. The van der Waals surface area contributed by atoms with E-state index in [0.29, 0.717) is 25.3 Å². The summed E-state index contributed by atoms with van der Waals surface area (Å²) in [5.41, 5.74) is 4.10. The van der Waals surface area contributed by atoms with Gasteiger partial charge in [-0.05, 0) is 42.0 Å². The minimum absolute atomic E-state index is 0.138. The van der Waals surface area contributed by atoms with E-state index in [1.54, 1.807) is 11.3 Å². The third kappa shape index (κ3) is 6.96.